The molecule has 0 unspecified atom stereocenters. The Bertz CT molecular complexity index is 1110. The number of amides is 1. The van der Waals surface area contributed by atoms with E-state index in [9.17, 15) is 18.0 Å². The predicted octanol–water partition coefficient (Wildman–Crippen LogP) is 5.97. The summed E-state index contributed by atoms with van der Waals surface area (Å²) in [6.45, 7) is 6.84. The summed E-state index contributed by atoms with van der Waals surface area (Å²) in [6, 6.07) is 11.8. The minimum absolute atomic E-state index is 0.0493. The van der Waals surface area contributed by atoms with Crippen LogP contribution >= 0.6 is 0 Å². The highest BCUT2D eigenvalue weighted by atomic mass is 19.4. The van der Waals surface area contributed by atoms with Gasteiger partial charge in [0.15, 0.2) is 0 Å². The molecule has 2 heterocycles. The van der Waals surface area contributed by atoms with Crippen LogP contribution in [0.15, 0.2) is 54.7 Å². The second-order valence-corrected chi connectivity index (χ2v) is 7.95. The third-order valence-electron chi connectivity index (χ3n) is 4.12. The van der Waals surface area contributed by atoms with E-state index in [1.165, 1.54) is 31.3 Å². The number of carbonyl (C=O) groups excluding carboxylic acids is 1. The number of ether oxygens (including phenoxy) is 1. The molecular weight excluding hydrogens is 407 g/mol. The number of alkyl halides is 3. The summed E-state index contributed by atoms with van der Waals surface area (Å²) in [5.41, 5.74) is -0.0864. The van der Waals surface area contributed by atoms with E-state index < -0.39 is 17.3 Å². The van der Waals surface area contributed by atoms with E-state index in [1.807, 2.05) is 20.8 Å². The molecule has 1 N–H and O–H groups in total. The number of hydrogen-bond acceptors (Lipinski definition) is 4. The monoisotopic (exact) mass is 429 g/mol. The fourth-order valence-electron chi connectivity index (χ4n) is 2.99. The lowest BCUT2D eigenvalue weighted by molar-refractivity contribution is -0.137. The van der Waals surface area contributed by atoms with Crippen LogP contribution < -0.4 is 10.1 Å². The van der Waals surface area contributed by atoms with Crippen LogP contribution in [0.2, 0.25) is 0 Å². The van der Waals surface area contributed by atoms with Crippen LogP contribution in [0, 0.1) is 0 Å². The van der Waals surface area contributed by atoms with Crippen molar-refractivity contribution in [3.63, 3.8) is 0 Å². The molecule has 8 heteroatoms. The Labute approximate surface area is 178 Å². The molecule has 0 saturated carbocycles. The highest BCUT2D eigenvalue weighted by Crippen LogP contribution is 2.38. The standard InChI is InChI=1S/C23H22F3N3O2/c1-14(30)28-20-12-15(9-10-27-20)16-11-19(29-21(13-16)31-22(2,3)4)17-7-5-6-8-18(17)23(24,25)26/h5-13H,1-4H3,(H,27,28,30). The Morgan fingerprint density at radius 3 is 2.35 bits per heavy atom. The molecule has 0 aliphatic heterocycles. The number of aromatic nitrogens is 2. The van der Waals surface area contributed by atoms with Crippen molar-refractivity contribution in [1.29, 1.82) is 0 Å². The van der Waals surface area contributed by atoms with E-state index in [-0.39, 0.29) is 23.0 Å². The SMILES string of the molecule is CC(=O)Nc1cc(-c2cc(OC(C)(C)C)nc(-c3ccccc3C(F)(F)F)c2)ccn1. The summed E-state index contributed by atoms with van der Waals surface area (Å²) >= 11 is 0. The smallest absolute Gasteiger partial charge is 0.417 e. The number of nitrogens with zero attached hydrogens (tertiary/aromatic N) is 2. The van der Waals surface area contributed by atoms with E-state index in [2.05, 4.69) is 15.3 Å². The molecule has 0 saturated heterocycles. The first-order valence-electron chi connectivity index (χ1n) is 9.54. The Kier molecular flexibility index (Phi) is 6.01. The molecule has 0 aliphatic carbocycles. The predicted molar refractivity (Wildman–Crippen MR) is 113 cm³/mol. The fraction of sp³-hybridized carbons (Fsp3) is 0.261. The first kappa shape index (κ1) is 22.3. The number of nitrogens with one attached hydrogen (secondary N) is 1. The largest absolute Gasteiger partial charge is 0.472 e. The van der Waals surface area contributed by atoms with Gasteiger partial charge >= 0.3 is 6.18 Å². The zero-order chi connectivity index (χ0) is 22.8. The lowest BCUT2D eigenvalue weighted by Crippen LogP contribution is -2.23. The van der Waals surface area contributed by atoms with Crippen LogP contribution in [0.5, 0.6) is 5.88 Å². The van der Waals surface area contributed by atoms with Crippen LogP contribution in [-0.4, -0.2) is 21.5 Å². The lowest BCUT2D eigenvalue weighted by atomic mass is 10.00. The van der Waals surface area contributed by atoms with Crippen molar-refractivity contribution in [2.24, 2.45) is 0 Å². The van der Waals surface area contributed by atoms with Gasteiger partial charge in [0, 0.05) is 24.8 Å². The molecule has 0 bridgehead atoms. The molecule has 31 heavy (non-hydrogen) atoms. The van der Waals surface area contributed by atoms with Gasteiger partial charge < -0.3 is 10.1 Å². The summed E-state index contributed by atoms with van der Waals surface area (Å²) in [6.07, 6.45) is -3.02. The van der Waals surface area contributed by atoms with Crippen LogP contribution in [0.1, 0.15) is 33.3 Å². The van der Waals surface area contributed by atoms with E-state index in [0.717, 1.165) is 6.07 Å². The Morgan fingerprint density at radius 2 is 1.71 bits per heavy atom. The molecule has 2 aromatic heterocycles. The molecule has 0 atom stereocenters. The number of hydrogen-bond donors (Lipinski definition) is 1. The van der Waals surface area contributed by atoms with Gasteiger partial charge in [-0.3, -0.25) is 4.79 Å². The first-order chi connectivity index (χ1) is 14.4. The fourth-order valence-corrected chi connectivity index (χ4v) is 2.99. The number of pyridine rings is 2. The van der Waals surface area contributed by atoms with Gasteiger partial charge in [0.1, 0.15) is 11.4 Å². The molecule has 0 radical (unpaired) electrons. The summed E-state index contributed by atoms with van der Waals surface area (Å²) in [7, 11) is 0. The van der Waals surface area contributed by atoms with Crippen molar-refractivity contribution in [3.8, 4) is 28.3 Å². The van der Waals surface area contributed by atoms with Crippen molar-refractivity contribution in [3.05, 3.63) is 60.3 Å². The van der Waals surface area contributed by atoms with Crippen LogP contribution in [-0.2, 0) is 11.0 Å². The van der Waals surface area contributed by atoms with Crippen LogP contribution in [0.25, 0.3) is 22.4 Å². The Balaban J connectivity index is 2.19. The molecule has 5 nitrogen and oxygen atoms in total. The molecule has 1 aromatic carbocycles. The van der Waals surface area contributed by atoms with Gasteiger partial charge in [0.05, 0.1) is 11.3 Å². The zero-order valence-electron chi connectivity index (χ0n) is 17.5. The molecule has 162 valence electrons. The number of anilines is 1. The maximum atomic E-state index is 13.6. The minimum Gasteiger partial charge on any atom is -0.472 e. The van der Waals surface area contributed by atoms with Gasteiger partial charge in [-0.1, -0.05) is 18.2 Å². The number of halogens is 3. The van der Waals surface area contributed by atoms with Crippen molar-refractivity contribution in [2.45, 2.75) is 39.5 Å². The molecule has 1 amide bonds. The molecule has 0 fully saturated rings. The van der Waals surface area contributed by atoms with Gasteiger partial charge in [-0.2, -0.15) is 13.2 Å². The highest BCUT2D eigenvalue weighted by molar-refractivity contribution is 5.88. The van der Waals surface area contributed by atoms with E-state index >= 15 is 0 Å². The van der Waals surface area contributed by atoms with Gasteiger partial charge in [-0.15, -0.1) is 0 Å². The molecule has 3 rings (SSSR count). The van der Waals surface area contributed by atoms with E-state index in [1.54, 1.807) is 24.3 Å². The third kappa shape index (κ3) is 5.81. The second kappa shape index (κ2) is 8.37. The van der Waals surface area contributed by atoms with Crippen molar-refractivity contribution in [1.82, 2.24) is 9.97 Å². The minimum atomic E-state index is -4.53. The number of rotatable bonds is 4. The highest BCUT2D eigenvalue weighted by Gasteiger charge is 2.34. The number of carbonyl (C=O) groups is 1. The van der Waals surface area contributed by atoms with Gasteiger partial charge in [0.2, 0.25) is 11.8 Å². The lowest BCUT2D eigenvalue weighted by Gasteiger charge is -2.22. The van der Waals surface area contributed by atoms with Crippen molar-refractivity contribution >= 4 is 11.7 Å². The van der Waals surface area contributed by atoms with Gasteiger partial charge in [-0.25, -0.2) is 9.97 Å². The summed E-state index contributed by atoms with van der Waals surface area (Å²) in [5, 5.41) is 2.60. The van der Waals surface area contributed by atoms with E-state index in [0.29, 0.717) is 16.9 Å². The van der Waals surface area contributed by atoms with Crippen LogP contribution in [0.4, 0.5) is 19.0 Å². The van der Waals surface area contributed by atoms with Crippen molar-refractivity contribution < 1.29 is 22.7 Å². The van der Waals surface area contributed by atoms with Crippen molar-refractivity contribution in [2.75, 3.05) is 5.32 Å². The second-order valence-electron chi connectivity index (χ2n) is 7.95. The zero-order valence-corrected chi connectivity index (χ0v) is 17.5. The van der Waals surface area contributed by atoms with E-state index in [4.69, 9.17) is 4.74 Å². The summed E-state index contributed by atoms with van der Waals surface area (Å²) in [5.74, 6) is 0.239. The molecule has 0 spiro atoms. The average Bonchev–Trinajstić information content (AvgIpc) is 2.65. The first-order valence-corrected chi connectivity index (χ1v) is 9.54. The third-order valence-corrected chi connectivity index (χ3v) is 4.12. The Hall–Kier alpha value is -3.42. The maximum Gasteiger partial charge on any atom is 0.417 e. The van der Waals surface area contributed by atoms with Gasteiger partial charge in [-0.05, 0) is 56.2 Å². The Morgan fingerprint density at radius 1 is 1.00 bits per heavy atom. The molecular formula is C23H22F3N3O2. The average molecular weight is 429 g/mol. The summed E-state index contributed by atoms with van der Waals surface area (Å²) < 4.78 is 46.7. The summed E-state index contributed by atoms with van der Waals surface area (Å²) in [4.78, 5) is 19.8. The number of benzene rings is 1. The van der Waals surface area contributed by atoms with Gasteiger partial charge in [0.25, 0.3) is 0 Å². The maximum absolute atomic E-state index is 13.6. The quantitative estimate of drug-likeness (QED) is 0.555. The molecule has 0 aliphatic rings. The normalized spacial score (nSPS) is 11.8. The topological polar surface area (TPSA) is 64.1 Å². The molecule has 3 aromatic rings. The van der Waals surface area contributed by atoms with Crippen LogP contribution in [0.3, 0.4) is 0 Å².